The molecule has 0 radical (unpaired) electrons. The lowest BCUT2D eigenvalue weighted by Gasteiger charge is -2.04. The van der Waals surface area contributed by atoms with Crippen molar-refractivity contribution in [1.29, 1.82) is 0 Å². The van der Waals surface area contributed by atoms with Gasteiger partial charge in [-0.3, -0.25) is 9.20 Å². The second kappa shape index (κ2) is 4.32. The standard InChI is InChI=1S/C11H12N2O3/c1-8(15)10-7-12-11-6-9(16-5-4-14)2-3-13(10)11/h2-3,6-7,14H,4-5H2,1H3. The fourth-order valence-electron chi connectivity index (χ4n) is 1.48. The normalized spacial score (nSPS) is 10.6. The third-order valence-electron chi connectivity index (χ3n) is 2.21. The fraction of sp³-hybridized carbons (Fsp3) is 0.273. The molecule has 84 valence electrons. The number of pyridine rings is 1. The van der Waals surface area contributed by atoms with E-state index in [4.69, 9.17) is 9.84 Å². The van der Waals surface area contributed by atoms with Crippen molar-refractivity contribution < 1.29 is 14.6 Å². The second-order valence-electron chi connectivity index (χ2n) is 3.36. The van der Waals surface area contributed by atoms with Gasteiger partial charge < -0.3 is 9.84 Å². The van der Waals surface area contributed by atoms with Crippen LogP contribution < -0.4 is 4.74 Å². The number of carbonyl (C=O) groups is 1. The van der Waals surface area contributed by atoms with Crippen LogP contribution in [0.15, 0.2) is 24.5 Å². The maximum Gasteiger partial charge on any atom is 0.178 e. The molecule has 2 rings (SSSR count). The van der Waals surface area contributed by atoms with Crippen LogP contribution in [-0.2, 0) is 0 Å². The van der Waals surface area contributed by atoms with Crippen LogP contribution in [0.1, 0.15) is 17.4 Å². The number of rotatable bonds is 4. The fourth-order valence-corrected chi connectivity index (χ4v) is 1.48. The Morgan fingerprint density at radius 3 is 3.12 bits per heavy atom. The Morgan fingerprint density at radius 2 is 2.44 bits per heavy atom. The van der Waals surface area contributed by atoms with E-state index in [1.807, 2.05) is 0 Å². The number of ketones is 1. The molecule has 0 aliphatic carbocycles. The molecule has 2 heterocycles. The zero-order valence-corrected chi connectivity index (χ0v) is 8.88. The van der Waals surface area contributed by atoms with E-state index in [9.17, 15) is 4.79 Å². The first-order valence-electron chi connectivity index (χ1n) is 4.94. The zero-order valence-electron chi connectivity index (χ0n) is 8.88. The van der Waals surface area contributed by atoms with Crippen molar-refractivity contribution in [1.82, 2.24) is 9.38 Å². The van der Waals surface area contributed by atoms with Gasteiger partial charge in [0.15, 0.2) is 5.78 Å². The summed E-state index contributed by atoms with van der Waals surface area (Å²) in [7, 11) is 0. The summed E-state index contributed by atoms with van der Waals surface area (Å²) in [6.45, 7) is 1.72. The number of hydrogen-bond donors (Lipinski definition) is 1. The number of aliphatic hydroxyl groups is 1. The second-order valence-corrected chi connectivity index (χ2v) is 3.36. The molecule has 0 bridgehead atoms. The van der Waals surface area contributed by atoms with Gasteiger partial charge in [-0.05, 0) is 6.07 Å². The van der Waals surface area contributed by atoms with E-state index in [1.54, 1.807) is 22.7 Å². The summed E-state index contributed by atoms with van der Waals surface area (Å²) in [6.07, 6.45) is 3.26. The van der Waals surface area contributed by atoms with Crippen molar-refractivity contribution in [2.75, 3.05) is 13.2 Å². The Kier molecular flexibility index (Phi) is 2.87. The van der Waals surface area contributed by atoms with Crippen molar-refractivity contribution in [2.24, 2.45) is 0 Å². The maximum atomic E-state index is 11.3. The molecule has 5 nitrogen and oxygen atoms in total. The molecule has 0 fully saturated rings. The van der Waals surface area contributed by atoms with Gasteiger partial charge in [0.05, 0.1) is 12.8 Å². The van der Waals surface area contributed by atoms with Crippen molar-refractivity contribution in [3.63, 3.8) is 0 Å². The topological polar surface area (TPSA) is 63.8 Å². The molecule has 16 heavy (non-hydrogen) atoms. The third-order valence-corrected chi connectivity index (χ3v) is 2.21. The Labute approximate surface area is 92.3 Å². The summed E-state index contributed by atoms with van der Waals surface area (Å²) >= 11 is 0. The van der Waals surface area contributed by atoms with Gasteiger partial charge >= 0.3 is 0 Å². The molecule has 2 aromatic rings. The van der Waals surface area contributed by atoms with Crippen LogP contribution in [0.5, 0.6) is 5.75 Å². The summed E-state index contributed by atoms with van der Waals surface area (Å²) in [4.78, 5) is 15.4. The quantitative estimate of drug-likeness (QED) is 0.778. The Bertz CT molecular complexity index is 519. The first-order chi connectivity index (χ1) is 7.72. The van der Waals surface area contributed by atoms with Crippen LogP contribution in [-0.4, -0.2) is 33.5 Å². The van der Waals surface area contributed by atoms with Gasteiger partial charge in [-0.25, -0.2) is 4.98 Å². The number of aromatic nitrogens is 2. The van der Waals surface area contributed by atoms with Gasteiger partial charge in [-0.1, -0.05) is 0 Å². The average molecular weight is 220 g/mol. The maximum absolute atomic E-state index is 11.3. The molecule has 5 heteroatoms. The summed E-state index contributed by atoms with van der Waals surface area (Å²) in [6, 6.07) is 3.46. The number of nitrogens with zero attached hydrogens (tertiary/aromatic N) is 2. The molecule has 0 aliphatic rings. The lowest BCUT2D eigenvalue weighted by molar-refractivity contribution is 0.101. The van der Waals surface area contributed by atoms with E-state index in [1.165, 1.54) is 13.1 Å². The van der Waals surface area contributed by atoms with Crippen LogP contribution in [0, 0.1) is 0 Å². The highest BCUT2D eigenvalue weighted by atomic mass is 16.5. The number of ether oxygens (including phenoxy) is 1. The largest absolute Gasteiger partial charge is 0.491 e. The monoisotopic (exact) mass is 220 g/mol. The summed E-state index contributed by atoms with van der Waals surface area (Å²) < 4.78 is 6.95. The predicted molar refractivity (Wildman–Crippen MR) is 57.8 cm³/mol. The number of hydrogen-bond acceptors (Lipinski definition) is 4. The average Bonchev–Trinajstić information content (AvgIpc) is 2.69. The SMILES string of the molecule is CC(=O)c1cnc2cc(OCCO)ccn12. The van der Waals surface area contributed by atoms with Crippen LogP contribution in [0.4, 0.5) is 0 Å². The Balaban J connectivity index is 2.37. The molecule has 0 spiro atoms. The van der Waals surface area contributed by atoms with Gasteiger partial charge in [-0.2, -0.15) is 0 Å². The zero-order chi connectivity index (χ0) is 11.5. The van der Waals surface area contributed by atoms with E-state index in [-0.39, 0.29) is 19.0 Å². The summed E-state index contributed by atoms with van der Waals surface area (Å²) in [5, 5.41) is 8.63. The van der Waals surface area contributed by atoms with Gasteiger partial charge in [0.2, 0.25) is 0 Å². The minimum Gasteiger partial charge on any atom is -0.491 e. The molecule has 0 amide bonds. The number of fused-ring (bicyclic) bond motifs is 1. The first-order valence-corrected chi connectivity index (χ1v) is 4.94. The van der Waals surface area contributed by atoms with Crippen LogP contribution in [0.3, 0.4) is 0 Å². The molecule has 0 atom stereocenters. The lowest BCUT2D eigenvalue weighted by atomic mass is 10.3. The van der Waals surface area contributed by atoms with Crippen LogP contribution in [0.25, 0.3) is 5.65 Å². The van der Waals surface area contributed by atoms with E-state index >= 15 is 0 Å². The molecule has 0 aliphatic heterocycles. The van der Waals surface area contributed by atoms with E-state index in [0.717, 1.165) is 0 Å². The number of aliphatic hydroxyl groups excluding tert-OH is 1. The molecule has 1 N–H and O–H groups in total. The number of carbonyl (C=O) groups excluding carboxylic acids is 1. The molecule has 0 saturated heterocycles. The highest BCUT2D eigenvalue weighted by Crippen LogP contribution is 2.15. The van der Waals surface area contributed by atoms with E-state index < -0.39 is 0 Å². The van der Waals surface area contributed by atoms with Crippen LogP contribution in [0.2, 0.25) is 0 Å². The highest BCUT2D eigenvalue weighted by molar-refractivity contribution is 5.93. The van der Waals surface area contributed by atoms with Crippen molar-refractivity contribution in [3.05, 3.63) is 30.2 Å². The van der Waals surface area contributed by atoms with Crippen molar-refractivity contribution in [3.8, 4) is 5.75 Å². The van der Waals surface area contributed by atoms with Crippen LogP contribution >= 0.6 is 0 Å². The molecular weight excluding hydrogens is 208 g/mol. The first kappa shape index (κ1) is 10.6. The minimum absolute atomic E-state index is 0.0294. The van der Waals surface area contributed by atoms with Gasteiger partial charge in [0.25, 0.3) is 0 Å². The van der Waals surface area contributed by atoms with Gasteiger partial charge in [0, 0.05) is 19.2 Å². The third kappa shape index (κ3) is 1.90. The molecule has 0 aromatic carbocycles. The Morgan fingerprint density at radius 1 is 1.62 bits per heavy atom. The molecule has 0 unspecified atom stereocenters. The Hall–Kier alpha value is -1.88. The summed E-state index contributed by atoms with van der Waals surface area (Å²) in [5.41, 5.74) is 1.20. The highest BCUT2D eigenvalue weighted by Gasteiger charge is 2.07. The minimum atomic E-state index is -0.0310. The van der Waals surface area contributed by atoms with E-state index in [2.05, 4.69) is 4.98 Å². The van der Waals surface area contributed by atoms with E-state index in [0.29, 0.717) is 17.1 Å². The molecule has 0 saturated carbocycles. The number of imidazole rings is 1. The lowest BCUT2D eigenvalue weighted by Crippen LogP contribution is -2.02. The predicted octanol–water partition coefficient (Wildman–Crippen LogP) is 0.908. The molecule has 2 aromatic heterocycles. The van der Waals surface area contributed by atoms with Crippen molar-refractivity contribution >= 4 is 11.4 Å². The molecular formula is C11H12N2O3. The smallest absolute Gasteiger partial charge is 0.178 e. The summed E-state index contributed by atoms with van der Waals surface area (Å²) in [5.74, 6) is 0.596. The number of Topliss-reactive ketones (excluding diaryl/α,β-unsaturated/α-hetero) is 1. The van der Waals surface area contributed by atoms with Crippen molar-refractivity contribution in [2.45, 2.75) is 6.92 Å². The van der Waals surface area contributed by atoms with Gasteiger partial charge in [0.1, 0.15) is 23.7 Å². The van der Waals surface area contributed by atoms with Gasteiger partial charge in [-0.15, -0.1) is 0 Å².